The molecule has 0 radical (unpaired) electrons. The van der Waals surface area contributed by atoms with Crippen molar-refractivity contribution in [3.8, 4) is 0 Å². The lowest BCUT2D eigenvalue weighted by atomic mass is 10.1. The molecule has 2 heterocycles. The normalized spacial score (nSPS) is 13.6. The van der Waals surface area contributed by atoms with Gasteiger partial charge in [-0.2, -0.15) is 9.89 Å². The van der Waals surface area contributed by atoms with Crippen LogP contribution in [0.5, 0.6) is 0 Å². The van der Waals surface area contributed by atoms with Crippen molar-refractivity contribution in [2.24, 2.45) is 0 Å². The van der Waals surface area contributed by atoms with E-state index in [1.165, 1.54) is 5.56 Å². The van der Waals surface area contributed by atoms with Gasteiger partial charge in [-0.1, -0.05) is 41.9 Å². The Hall–Kier alpha value is -2.63. The van der Waals surface area contributed by atoms with E-state index >= 15 is 0 Å². The monoisotopic (exact) mass is 366 g/mol. The van der Waals surface area contributed by atoms with Crippen LogP contribution < -0.4 is 5.43 Å². The van der Waals surface area contributed by atoms with E-state index in [1.54, 1.807) is 29.1 Å². The average Bonchev–Trinajstić information content (AvgIpc) is 3.23. The number of carbonyl (C=O) groups excluding carboxylic acids is 1. The number of aromatic nitrogens is 2. The number of nitrogens with zero attached hydrogens (tertiary/aromatic N) is 3. The van der Waals surface area contributed by atoms with Gasteiger partial charge in [0.1, 0.15) is 0 Å². The van der Waals surface area contributed by atoms with Crippen molar-refractivity contribution in [1.82, 2.24) is 14.8 Å². The van der Waals surface area contributed by atoms with Gasteiger partial charge in [-0.05, 0) is 36.2 Å². The highest BCUT2D eigenvalue weighted by Crippen LogP contribution is 2.22. The molecule has 4 rings (SSSR count). The van der Waals surface area contributed by atoms with Crippen molar-refractivity contribution in [2.75, 3.05) is 12.0 Å². The summed E-state index contributed by atoms with van der Waals surface area (Å²) in [5, 5.41) is 4.91. The molecule has 1 amide bonds. The maximum Gasteiger partial charge on any atom is 0.271 e. The van der Waals surface area contributed by atoms with Crippen LogP contribution in [-0.4, -0.2) is 27.2 Å². The molecular weight excluding hydrogens is 348 g/mol. The standard InChI is InChI=1S/C20H19ClN4O/c21-18-8-6-16(7-9-18)20(26)23-25-19-14-24(13-17(19)12-22-25)11-10-15-4-2-1-3-5-15/h1-9,12H,10-11,13-14H2,(H,23,26). The summed E-state index contributed by atoms with van der Waals surface area (Å²) in [5.74, 6) is -0.199. The highest BCUT2D eigenvalue weighted by Gasteiger charge is 2.24. The maximum absolute atomic E-state index is 12.4. The highest BCUT2D eigenvalue weighted by atomic mass is 35.5. The number of amides is 1. The molecule has 0 aliphatic carbocycles. The Morgan fingerprint density at radius 2 is 1.85 bits per heavy atom. The van der Waals surface area contributed by atoms with Gasteiger partial charge in [0.05, 0.1) is 11.9 Å². The van der Waals surface area contributed by atoms with Crippen LogP contribution >= 0.6 is 11.6 Å². The quantitative estimate of drug-likeness (QED) is 0.752. The van der Waals surface area contributed by atoms with Crippen LogP contribution in [0.15, 0.2) is 60.8 Å². The summed E-state index contributed by atoms with van der Waals surface area (Å²) in [5.41, 5.74) is 6.94. The van der Waals surface area contributed by atoms with Crippen molar-refractivity contribution in [1.29, 1.82) is 0 Å². The lowest BCUT2D eigenvalue weighted by Crippen LogP contribution is -2.27. The summed E-state index contributed by atoms with van der Waals surface area (Å²) in [7, 11) is 0. The van der Waals surface area contributed by atoms with Crippen molar-refractivity contribution < 1.29 is 4.79 Å². The Bertz CT molecular complexity index is 905. The van der Waals surface area contributed by atoms with Crippen LogP contribution in [0.2, 0.25) is 5.02 Å². The van der Waals surface area contributed by atoms with Crippen LogP contribution in [-0.2, 0) is 19.5 Å². The van der Waals surface area contributed by atoms with Gasteiger partial charge in [0.15, 0.2) is 0 Å². The van der Waals surface area contributed by atoms with E-state index in [-0.39, 0.29) is 5.91 Å². The lowest BCUT2D eigenvalue weighted by molar-refractivity contribution is 0.100. The predicted octanol–water partition coefficient (Wildman–Crippen LogP) is 3.48. The van der Waals surface area contributed by atoms with Crippen molar-refractivity contribution in [2.45, 2.75) is 19.5 Å². The largest absolute Gasteiger partial charge is 0.293 e. The minimum atomic E-state index is -0.199. The molecule has 2 aromatic carbocycles. The summed E-state index contributed by atoms with van der Waals surface area (Å²) in [4.78, 5) is 16.3. The summed E-state index contributed by atoms with van der Waals surface area (Å²) in [6.07, 6.45) is 2.84. The fourth-order valence-corrected chi connectivity index (χ4v) is 3.29. The molecule has 0 saturated heterocycles. The van der Waals surface area contributed by atoms with E-state index in [2.05, 4.69) is 39.7 Å². The topological polar surface area (TPSA) is 50.2 Å². The highest BCUT2D eigenvalue weighted by molar-refractivity contribution is 6.30. The predicted molar refractivity (Wildman–Crippen MR) is 102 cm³/mol. The fourth-order valence-electron chi connectivity index (χ4n) is 3.17. The van der Waals surface area contributed by atoms with Gasteiger partial charge in [0, 0.05) is 35.8 Å². The third-order valence-electron chi connectivity index (χ3n) is 4.60. The smallest absolute Gasteiger partial charge is 0.271 e. The molecule has 1 aliphatic heterocycles. The van der Waals surface area contributed by atoms with Gasteiger partial charge in [0.25, 0.3) is 5.91 Å². The first-order valence-corrected chi connectivity index (χ1v) is 8.96. The molecule has 0 fully saturated rings. The minimum Gasteiger partial charge on any atom is -0.293 e. The van der Waals surface area contributed by atoms with Crippen LogP contribution in [0, 0.1) is 0 Å². The van der Waals surface area contributed by atoms with Gasteiger partial charge < -0.3 is 0 Å². The number of hydrogen-bond donors (Lipinski definition) is 1. The van der Waals surface area contributed by atoms with Gasteiger partial charge in [-0.25, -0.2) is 5.43 Å². The summed E-state index contributed by atoms with van der Waals surface area (Å²) in [6, 6.07) is 17.3. The number of hydrogen-bond acceptors (Lipinski definition) is 3. The molecule has 0 unspecified atom stereocenters. The molecule has 132 valence electrons. The Kier molecular flexibility index (Phi) is 4.73. The van der Waals surface area contributed by atoms with Gasteiger partial charge in [0.2, 0.25) is 0 Å². The molecule has 0 bridgehead atoms. The Balaban J connectivity index is 1.39. The Morgan fingerprint density at radius 1 is 1.08 bits per heavy atom. The first-order valence-electron chi connectivity index (χ1n) is 8.58. The summed E-state index contributed by atoms with van der Waals surface area (Å²) < 4.78 is 0. The van der Waals surface area contributed by atoms with E-state index in [0.717, 1.165) is 37.3 Å². The van der Waals surface area contributed by atoms with Crippen LogP contribution in [0.3, 0.4) is 0 Å². The van der Waals surface area contributed by atoms with Gasteiger partial charge in [-0.3, -0.25) is 9.69 Å². The number of fused-ring (bicyclic) bond motifs is 1. The molecule has 1 N–H and O–H groups in total. The van der Waals surface area contributed by atoms with Crippen LogP contribution in [0.1, 0.15) is 27.2 Å². The van der Waals surface area contributed by atoms with Crippen LogP contribution in [0.4, 0.5) is 0 Å². The second kappa shape index (κ2) is 7.32. The molecule has 0 saturated carbocycles. The zero-order valence-corrected chi connectivity index (χ0v) is 15.0. The number of nitrogens with one attached hydrogen (secondary N) is 1. The zero-order chi connectivity index (χ0) is 17.9. The lowest BCUT2D eigenvalue weighted by Gasteiger charge is -2.15. The molecular formula is C20H19ClN4O. The number of rotatable bonds is 5. The summed E-state index contributed by atoms with van der Waals surface area (Å²) >= 11 is 5.87. The van der Waals surface area contributed by atoms with E-state index < -0.39 is 0 Å². The number of halogens is 1. The van der Waals surface area contributed by atoms with Crippen molar-refractivity contribution in [3.05, 3.63) is 88.2 Å². The molecule has 5 nitrogen and oxygen atoms in total. The van der Waals surface area contributed by atoms with Gasteiger partial charge >= 0.3 is 0 Å². The van der Waals surface area contributed by atoms with E-state index in [1.807, 2.05) is 12.3 Å². The first-order chi connectivity index (χ1) is 12.7. The van der Waals surface area contributed by atoms with Crippen molar-refractivity contribution >= 4 is 17.5 Å². The molecule has 0 spiro atoms. The number of benzene rings is 2. The Morgan fingerprint density at radius 3 is 2.62 bits per heavy atom. The Labute approximate surface area is 157 Å². The second-order valence-electron chi connectivity index (χ2n) is 6.42. The van der Waals surface area contributed by atoms with E-state index in [4.69, 9.17) is 11.6 Å². The average molecular weight is 367 g/mol. The molecule has 26 heavy (non-hydrogen) atoms. The van der Waals surface area contributed by atoms with Gasteiger partial charge in [-0.15, -0.1) is 0 Å². The molecule has 1 aliphatic rings. The molecule has 0 atom stereocenters. The SMILES string of the molecule is O=C(Nn1ncc2c1CN(CCc1ccccc1)C2)c1ccc(Cl)cc1. The zero-order valence-electron chi connectivity index (χ0n) is 14.2. The second-order valence-corrected chi connectivity index (χ2v) is 6.86. The molecule has 6 heteroatoms. The number of carbonyl (C=O) groups is 1. The fraction of sp³-hybridized carbons (Fsp3) is 0.200. The maximum atomic E-state index is 12.4. The summed E-state index contributed by atoms with van der Waals surface area (Å²) in [6.45, 7) is 2.62. The minimum absolute atomic E-state index is 0.199. The third-order valence-corrected chi connectivity index (χ3v) is 4.85. The van der Waals surface area contributed by atoms with E-state index in [0.29, 0.717) is 10.6 Å². The van der Waals surface area contributed by atoms with E-state index in [9.17, 15) is 4.79 Å². The third kappa shape index (κ3) is 3.64. The molecule has 1 aromatic heterocycles. The molecule has 3 aromatic rings. The first kappa shape index (κ1) is 16.8. The van der Waals surface area contributed by atoms with Crippen LogP contribution in [0.25, 0.3) is 0 Å². The van der Waals surface area contributed by atoms with Crippen molar-refractivity contribution in [3.63, 3.8) is 0 Å².